The SMILES string of the molecule is CC(=O)N1CCC(NC(=O)c2ccc3c(C4CCCCC4)c4n(c3c2)CCOc2ccccc2-4)(C(=O)Nc2ccc(/C=C/C(=O)O)cc2)CC1. The lowest BCUT2D eigenvalue weighted by atomic mass is 9.81. The lowest BCUT2D eigenvalue weighted by Crippen LogP contribution is -2.62. The number of fused-ring (bicyclic) bond motifs is 5. The summed E-state index contributed by atoms with van der Waals surface area (Å²) in [4.78, 5) is 53.0. The van der Waals surface area contributed by atoms with E-state index in [0.717, 1.165) is 41.1 Å². The molecule has 2 fully saturated rings. The Kier molecular flexibility index (Phi) is 9.18. The molecule has 258 valence electrons. The van der Waals surface area contributed by atoms with Crippen LogP contribution in [-0.2, 0) is 20.9 Å². The van der Waals surface area contributed by atoms with Gasteiger partial charge < -0.3 is 29.9 Å². The predicted octanol–water partition coefficient (Wildman–Crippen LogP) is 6.60. The zero-order valence-corrected chi connectivity index (χ0v) is 28.2. The van der Waals surface area contributed by atoms with Gasteiger partial charge in [-0.25, -0.2) is 4.79 Å². The topological polar surface area (TPSA) is 130 Å². The maximum absolute atomic E-state index is 14.2. The largest absolute Gasteiger partial charge is 0.491 e. The van der Waals surface area contributed by atoms with Gasteiger partial charge in [0.15, 0.2) is 0 Å². The molecule has 1 saturated carbocycles. The molecule has 0 unspecified atom stereocenters. The van der Waals surface area contributed by atoms with Crippen molar-refractivity contribution in [3.05, 3.63) is 89.5 Å². The Morgan fingerprint density at radius 3 is 2.38 bits per heavy atom. The van der Waals surface area contributed by atoms with Crippen LogP contribution >= 0.6 is 0 Å². The molecule has 2 aliphatic heterocycles. The van der Waals surface area contributed by atoms with Crippen molar-refractivity contribution >= 4 is 46.4 Å². The number of carbonyl (C=O) groups is 4. The van der Waals surface area contributed by atoms with E-state index in [1.807, 2.05) is 30.3 Å². The minimum atomic E-state index is -1.25. The molecule has 0 radical (unpaired) electrons. The van der Waals surface area contributed by atoms with E-state index in [1.54, 1.807) is 29.2 Å². The number of hydrogen-bond donors (Lipinski definition) is 3. The third kappa shape index (κ3) is 6.49. The Morgan fingerprint density at radius 2 is 1.66 bits per heavy atom. The Bertz CT molecular complexity index is 1980. The molecule has 50 heavy (non-hydrogen) atoms. The molecule has 1 aromatic heterocycles. The van der Waals surface area contributed by atoms with E-state index in [2.05, 4.69) is 27.3 Å². The molecule has 4 aromatic rings. The van der Waals surface area contributed by atoms with Gasteiger partial charge in [0, 0.05) is 53.8 Å². The Morgan fingerprint density at radius 1 is 0.920 bits per heavy atom. The lowest BCUT2D eigenvalue weighted by molar-refractivity contribution is -0.133. The highest BCUT2D eigenvalue weighted by Crippen LogP contribution is 2.47. The van der Waals surface area contributed by atoms with Crippen LogP contribution in [0.1, 0.15) is 79.3 Å². The molecule has 7 rings (SSSR count). The van der Waals surface area contributed by atoms with Crippen LogP contribution in [0.15, 0.2) is 72.8 Å². The second-order valence-corrected chi connectivity index (χ2v) is 13.6. The van der Waals surface area contributed by atoms with Crippen LogP contribution in [-0.4, -0.2) is 63.5 Å². The summed E-state index contributed by atoms with van der Waals surface area (Å²) in [6.07, 6.45) is 8.95. The van der Waals surface area contributed by atoms with E-state index in [4.69, 9.17) is 9.84 Å². The van der Waals surface area contributed by atoms with Crippen LogP contribution in [0.4, 0.5) is 5.69 Å². The van der Waals surface area contributed by atoms with E-state index in [-0.39, 0.29) is 30.6 Å². The van der Waals surface area contributed by atoms with Crippen LogP contribution in [0.5, 0.6) is 5.75 Å². The number of benzene rings is 3. The van der Waals surface area contributed by atoms with E-state index < -0.39 is 11.5 Å². The molecule has 3 aliphatic rings. The number of nitrogens with one attached hydrogen (secondary N) is 2. The van der Waals surface area contributed by atoms with Crippen molar-refractivity contribution in [1.29, 1.82) is 0 Å². The standard InChI is InChI=1S/C40H42N4O6/c1-26(45)43-21-19-40(20-22-43,39(49)41-30-15-11-27(12-16-30)13-18-35(46)47)42-38(48)29-14-17-31-33(25-29)44-23-24-50-34-10-6-5-9-32(34)37(44)36(31)28-7-3-2-4-8-28/h5-6,9-18,25,28H,2-4,7-8,19-24H2,1H3,(H,41,49)(H,42,48)(H,46,47)/b18-13+. The molecule has 3 amide bonds. The lowest BCUT2D eigenvalue weighted by Gasteiger charge is -2.40. The van der Waals surface area contributed by atoms with Crippen LogP contribution in [0, 0.1) is 0 Å². The first kappa shape index (κ1) is 33.1. The highest BCUT2D eigenvalue weighted by molar-refractivity contribution is 6.06. The van der Waals surface area contributed by atoms with Crippen molar-refractivity contribution in [3.63, 3.8) is 0 Å². The van der Waals surface area contributed by atoms with Crippen LogP contribution in [0.2, 0.25) is 0 Å². The third-order valence-corrected chi connectivity index (χ3v) is 10.5. The van der Waals surface area contributed by atoms with Gasteiger partial charge in [0.1, 0.15) is 17.9 Å². The fourth-order valence-corrected chi connectivity index (χ4v) is 7.88. The number of carbonyl (C=O) groups excluding carboxylic acids is 3. The van der Waals surface area contributed by atoms with Gasteiger partial charge in [0.25, 0.3) is 5.91 Å². The first-order chi connectivity index (χ1) is 24.2. The summed E-state index contributed by atoms with van der Waals surface area (Å²) in [6, 6.07) is 20.9. The molecule has 0 bridgehead atoms. The molecule has 10 heteroatoms. The average Bonchev–Trinajstić information content (AvgIpc) is 3.32. The highest BCUT2D eigenvalue weighted by Gasteiger charge is 2.43. The number of carboxylic acids is 1. The number of aromatic nitrogens is 1. The van der Waals surface area contributed by atoms with Gasteiger partial charge in [-0.05, 0) is 85.2 Å². The second-order valence-electron chi connectivity index (χ2n) is 13.6. The molecule has 3 aromatic carbocycles. The van der Waals surface area contributed by atoms with Crippen molar-refractivity contribution in [2.75, 3.05) is 25.0 Å². The molecular weight excluding hydrogens is 632 g/mol. The molecule has 1 saturated heterocycles. The Labute approximate surface area is 291 Å². The molecule has 0 atom stereocenters. The first-order valence-electron chi connectivity index (χ1n) is 17.5. The normalized spacial score (nSPS) is 17.3. The number of anilines is 1. The number of ether oxygens (including phenoxy) is 1. The highest BCUT2D eigenvalue weighted by atomic mass is 16.5. The van der Waals surface area contributed by atoms with Crippen molar-refractivity contribution in [2.45, 2.75) is 69.9 Å². The maximum Gasteiger partial charge on any atom is 0.328 e. The van der Waals surface area contributed by atoms with Crippen molar-refractivity contribution in [1.82, 2.24) is 14.8 Å². The molecule has 3 N–H and O–H groups in total. The zero-order valence-electron chi connectivity index (χ0n) is 28.2. The number of likely N-dealkylation sites (tertiary alicyclic amines) is 1. The molecular formula is C40H42N4O6. The fraction of sp³-hybridized carbons (Fsp3) is 0.350. The van der Waals surface area contributed by atoms with Gasteiger partial charge in [-0.15, -0.1) is 0 Å². The number of piperidine rings is 1. The monoisotopic (exact) mass is 674 g/mol. The summed E-state index contributed by atoms with van der Waals surface area (Å²) < 4.78 is 8.51. The number of hydrogen-bond acceptors (Lipinski definition) is 5. The van der Waals surface area contributed by atoms with Gasteiger partial charge >= 0.3 is 5.97 Å². The van der Waals surface area contributed by atoms with Crippen molar-refractivity contribution in [3.8, 4) is 17.0 Å². The number of carboxylic acid groups (broad SMARTS) is 1. The van der Waals surface area contributed by atoms with Gasteiger partial charge in [-0.2, -0.15) is 0 Å². The minimum Gasteiger partial charge on any atom is -0.491 e. The van der Waals surface area contributed by atoms with E-state index in [1.165, 1.54) is 43.5 Å². The van der Waals surface area contributed by atoms with Gasteiger partial charge in [0.05, 0.1) is 12.2 Å². The quantitative estimate of drug-likeness (QED) is 0.190. The summed E-state index contributed by atoms with van der Waals surface area (Å²) in [6.45, 7) is 3.33. The van der Waals surface area contributed by atoms with Crippen molar-refractivity contribution in [2.24, 2.45) is 0 Å². The second kappa shape index (κ2) is 13.9. The summed E-state index contributed by atoms with van der Waals surface area (Å²) in [5, 5.41) is 16.2. The van der Waals surface area contributed by atoms with Gasteiger partial charge in [-0.3, -0.25) is 14.4 Å². The number of nitrogens with zero attached hydrogens (tertiary/aromatic N) is 2. The summed E-state index contributed by atoms with van der Waals surface area (Å²) in [5.74, 6) is -0.544. The van der Waals surface area contributed by atoms with Crippen molar-refractivity contribution < 1.29 is 29.0 Å². The zero-order chi connectivity index (χ0) is 34.8. The summed E-state index contributed by atoms with van der Waals surface area (Å²) in [5.41, 5.74) is 4.96. The first-order valence-corrected chi connectivity index (χ1v) is 17.5. The average molecular weight is 675 g/mol. The summed E-state index contributed by atoms with van der Waals surface area (Å²) >= 11 is 0. The van der Waals surface area contributed by atoms with Gasteiger partial charge in [-0.1, -0.05) is 49.6 Å². The Hall–Kier alpha value is -5.38. The van der Waals surface area contributed by atoms with Crippen LogP contribution in [0.3, 0.4) is 0 Å². The number of rotatable bonds is 7. The smallest absolute Gasteiger partial charge is 0.328 e. The van der Waals surface area contributed by atoms with Crippen LogP contribution < -0.4 is 15.4 Å². The number of para-hydroxylation sites is 1. The molecule has 1 aliphatic carbocycles. The predicted molar refractivity (Wildman–Crippen MR) is 192 cm³/mol. The minimum absolute atomic E-state index is 0.0750. The number of amides is 3. The fourth-order valence-electron chi connectivity index (χ4n) is 7.88. The van der Waals surface area contributed by atoms with Gasteiger partial charge in [0.2, 0.25) is 11.8 Å². The molecule has 10 nitrogen and oxygen atoms in total. The van der Waals surface area contributed by atoms with E-state index in [0.29, 0.717) is 49.0 Å². The molecule has 0 spiro atoms. The third-order valence-electron chi connectivity index (χ3n) is 10.5. The van der Waals surface area contributed by atoms with E-state index in [9.17, 15) is 19.2 Å². The van der Waals surface area contributed by atoms with E-state index >= 15 is 0 Å². The number of aliphatic carboxylic acids is 1. The molecule has 3 heterocycles. The van der Waals surface area contributed by atoms with Crippen LogP contribution in [0.25, 0.3) is 28.2 Å². The Balaban J connectivity index is 1.22. The summed E-state index contributed by atoms with van der Waals surface area (Å²) in [7, 11) is 0. The maximum atomic E-state index is 14.2.